The smallest absolute Gasteiger partial charge is 0.147 e. The first-order chi connectivity index (χ1) is 6.16. The Bertz CT molecular complexity index is 300. The van der Waals surface area contributed by atoms with Crippen LogP contribution in [-0.4, -0.2) is 5.88 Å². The summed E-state index contributed by atoms with van der Waals surface area (Å²) in [5.74, 6) is -0.949. The Kier molecular flexibility index (Phi) is 3.94. The van der Waals surface area contributed by atoms with Crippen LogP contribution >= 0.6 is 23.2 Å². The molecule has 72 valence electrons. The molecule has 4 heteroatoms. The van der Waals surface area contributed by atoms with Crippen LogP contribution in [0.4, 0.5) is 8.78 Å². The largest absolute Gasteiger partial charge is 0.205 e. The number of aryl methyl sites for hydroxylation is 1. The van der Waals surface area contributed by atoms with Crippen molar-refractivity contribution in [2.24, 2.45) is 0 Å². The maximum Gasteiger partial charge on any atom is 0.147 e. The molecule has 0 nitrogen and oxygen atoms in total. The van der Waals surface area contributed by atoms with Gasteiger partial charge in [-0.15, -0.1) is 11.6 Å². The maximum atomic E-state index is 13.2. The molecule has 0 saturated heterocycles. The van der Waals surface area contributed by atoms with E-state index >= 15 is 0 Å². The Morgan fingerprint density at radius 2 is 1.92 bits per heavy atom. The van der Waals surface area contributed by atoms with E-state index in [-0.39, 0.29) is 0 Å². The molecule has 0 amide bonds. The predicted octanol–water partition coefficient (Wildman–Crippen LogP) is 3.79. The molecule has 0 spiro atoms. The molecule has 0 unspecified atom stereocenters. The van der Waals surface area contributed by atoms with Crippen LogP contribution in [0.25, 0.3) is 0 Å². The normalized spacial score (nSPS) is 10.5. The second kappa shape index (κ2) is 4.77. The van der Waals surface area contributed by atoms with E-state index in [4.69, 9.17) is 23.2 Å². The van der Waals surface area contributed by atoms with E-state index in [0.29, 0.717) is 24.3 Å². The number of alkyl halides is 1. The van der Waals surface area contributed by atoms with Gasteiger partial charge >= 0.3 is 0 Å². The van der Waals surface area contributed by atoms with E-state index in [1.165, 1.54) is 6.07 Å². The van der Waals surface area contributed by atoms with Crippen LogP contribution in [0.3, 0.4) is 0 Å². The van der Waals surface area contributed by atoms with Crippen LogP contribution in [0, 0.1) is 11.6 Å². The van der Waals surface area contributed by atoms with Crippen molar-refractivity contribution in [3.63, 3.8) is 0 Å². The van der Waals surface area contributed by atoms with Gasteiger partial charge in [-0.3, -0.25) is 0 Å². The van der Waals surface area contributed by atoms with Crippen molar-refractivity contribution in [2.45, 2.75) is 12.8 Å². The van der Waals surface area contributed by atoms with Crippen molar-refractivity contribution in [3.05, 3.63) is 34.4 Å². The maximum absolute atomic E-state index is 13.2. The topological polar surface area (TPSA) is 0 Å². The molecule has 0 N–H and O–H groups in total. The van der Waals surface area contributed by atoms with Gasteiger partial charge in [0.05, 0.1) is 0 Å². The van der Waals surface area contributed by atoms with Crippen molar-refractivity contribution < 1.29 is 8.78 Å². The average molecular weight is 225 g/mol. The first-order valence-corrected chi connectivity index (χ1v) is 4.76. The molecule has 0 aromatic heterocycles. The third kappa shape index (κ3) is 2.55. The molecule has 1 rings (SSSR count). The lowest BCUT2D eigenvalue weighted by atomic mass is 10.1. The lowest BCUT2D eigenvalue weighted by Gasteiger charge is -2.03. The minimum atomic E-state index is -0.728. The molecule has 0 bridgehead atoms. The van der Waals surface area contributed by atoms with Crippen molar-refractivity contribution >= 4 is 23.2 Å². The summed E-state index contributed by atoms with van der Waals surface area (Å²) in [4.78, 5) is 0. The molecule has 0 atom stereocenters. The molecule has 0 aliphatic rings. The van der Waals surface area contributed by atoms with E-state index in [1.807, 2.05) is 0 Å². The second-order valence-electron chi connectivity index (χ2n) is 2.63. The van der Waals surface area contributed by atoms with E-state index in [9.17, 15) is 8.78 Å². The molecule has 13 heavy (non-hydrogen) atoms. The third-order valence-corrected chi connectivity index (χ3v) is 2.31. The Morgan fingerprint density at radius 1 is 1.23 bits per heavy atom. The zero-order valence-corrected chi connectivity index (χ0v) is 8.30. The van der Waals surface area contributed by atoms with Crippen molar-refractivity contribution in [3.8, 4) is 0 Å². The van der Waals surface area contributed by atoms with Gasteiger partial charge in [-0.2, -0.15) is 0 Å². The van der Waals surface area contributed by atoms with Crippen LogP contribution in [-0.2, 0) is 6.42 Å². The molecular formula is C9H8Cl2F2. The highest BCUT2D eigenvalue weighted by atomic mass is 35.5. The van der Waals surface area contributed by atoms with Gasteiger partial charge in [0.15, 0.2) is 0 Å². The molecule has 0 radical (unpaired) electrons. The zero-order chi connectivity index (χ0) is 9.84. The Morgan fingerprint density at radius 3 is 2.54 bits per heavy atom. The van der Waals surface area contributed by atoms with E-state index < -0.39 is 16.7 Å². The summed E-state index contributed by atoms with van der Waals surface area (Å²) in [6, 6.07) is 2.55. The highest BCUT2D eigenvalue weighted by Gasteiger charge is 2.10. The Balaban J connectivity index is 2.90. The standard InChI is InChI=1S/C9H8Cl2F2/c10-5-1-2-6-3-4-7(12)8(11)9(6)13/h3-4H,1-2,5H2. The molecule has 0 saturated carbocycles. The second-order valence-corrected chi connectivity index (χ2v) is 3.38. The van der Waals surface area contributed by atoms with Crippen molar-refractivity contribution in [2.75, 3.05) is 5.88 Å². The lowest BCUT2D eigenvalue weighted by Crippen LogP contribution is -1.94. The number of halogens is 4. The van der Waals surface area contributed by atoms with Gasteiger partial charge in [0.25, 0.3) is 0 Å². The molecule has 1 aromatic carbocycles. The molecule has 0 heterocycles. The number of benzene rings is 1. The Labute approximate surface area is 85.5 Å². The average Bonchev–Trinajstić information content (AvgIpc) is 2.13. The van der Waals surface area contributed by atoms with Gasteiger partial charge in [0, 0.05) is 5.88 Å². The number of hydrogen-bond acceptors (Lipinski definition) is 0. The number of hydrogen-bond donors (Lipinski definition) is 0. The first kappa shape index (κ1) is 10.7. The van der Waals surface area contributed by atoms with Crippen LogP contribution in [0.2, 0.25) is 5.02 Å². The Hall–Kier alpha value is -0.340. The SMILES string of the molecule is Fc1ccc(CCCCl)c(F)c1Cl. The molecule has 0 fully saturated rings. The van der Waals surface area contributed by atoms with Crippen molar-refractivity contribution in [1.29, 1.82) is 0 Å². The monoisotopic (exact) mass is 224 g/mol. The summed E-state index contributed by atoms with van der Waals surface area (Å²) in [7, 11) is 0. The van der Waals surface area contributed by atoms with E-state index in [0.717, 1.165) is 6.07 Å². The fraction of sp³-hybridized carbons (Fsp3) is 0.333. The van der Waals surface area contributed by atoms with Crippen LogP contribution < -0.4 is 0 Å². The van der Waals surface area contributed by atoms with Gasteiger partial charge in [-0.25, -0.2) is 8.78 Å². The van der Waals surface area contributed by atoms with E-state index in [1.54, 1.807) is 0 Å². The molecule has 0 aliphatic heterocycles. The van der Waals surface area contributed by atoms with Crippen molar-refractivity contribution in [1.82, 2.24) is 0 Å². The van der Waals surface area contributed by atoms with Gasteiger partial charge in [0.2, 0.25) is 0 Å². The summed E-state index contributed by atoms with van der Waals surface area (Å²) in [6.07, 6.45) is 1.13. The summed E-state index contributed by atoms with van der Waals surface area (Å²) >= 11 is 10.8. The highest BCUT2D eigenvalue weighted by molar-refractivity contribution is 6.30. The minimum absolute atomic E-state index is 0.409. The lowest BCUT2D eigenvalue weighted by molar-refractivity contribution is 0.571. The highest BCUT2D eigenvalue weighted by Crippen LogP contribution is 2.22. The summed E-state index contributed by atoms with van der Waals surface area (Å²) in [5, 5.41) is -0.438. The molecule has 0 aliphatic carbocycles. The van der Waals surface area contributed by atoms with Gasteiger partial charge in [0.1, 0.15) is 16.7 Å². The van der Waals surface area contributed by atoms with Crippen LogP contribution in [0.15, 0.2) is 12.1 Å². The van der Waals surface area contributed by atoms with Gasteiger partial charge in [-0.1, -0.05) is 17.7 Å². The predicted molar refractivity (Wildman–Crippen MR) is 50.4 cm³/mol. The van der Waals surface area contributed by atoms with Crippen LogP contribution in [0.5, 0.6) is 0 Å². The van der Waals surface area contributed by atoms with Gasteiger partial charge in [-0.05, 0) is 24.5 Å². The first-order valence-electron chi connectivity index (χ1n) is 3.85. The third-order valence-electron chi connectivity index (χ3n) is 1.69. The fourth-order valence-corrected chi connectivity index (χ4v) is 1.33. The van der Waals surface area contributed by atoms with Crippen LogP contribution in [0.1, 0.15) is 12.0 Å². The summed E-state index contributed by atoms with van der Waals surface area (Å²) in [5.41, 5.74) is 0.409. The van der Waals surface area contributed by atoms with Gasteiger partial charge < -0.3 is 0 Å². The quantitative estimate of drug-likeness (QED) is 0.542. The molecule has 1 aromatic rings. The fourth-order valence-electron chi connectivity index (χ4n) is 1.02. The summed E-state index contributed by atoms with van der Waals surface area (Å²) in [6.45, 7) is 0. The number of rotatable bonds is 3. The minimum Gasteiger partial charge on any atom is -0.205 e. The van der Waals surface area contributed by atoms with E-state index in [2.05, 4.69) is 0 Å². The molecular weight excluding hydrogens is 217 g/mol. The summed E-state index contributed by atoms with van der Waals surface area (Å²) < 4.78 is 25.9. The zero-order valence-electron chi connectivity index (χ0n) is 6.79.